The standard InChI is InChI=1S/C20H15Cl2NO2/c1-10-3-2-4-14-19(10)23-16-7-11(8-17(24)18(16)20(14)25)13-6-5-12(21)9-15(13)22/h2-6,9,11H,7-8H2,1H3,(H,23,25). The monoisotopic (exact) mass is 371 g/mol. The Morgan fingerprint density at radius 2 is 1.88 bits per heavy atom. The van der Waals surface area contributed by atoms with Gasteiger partial charge < -0.3 is 4.98 Å². The molecule has 0 amide bonds. The Hall–Kier alpha value is -2.10. The summed E-state index contributed by atoms with van der Waals surface area (Å²) in [6.45, 7) is 1.95. The van der Waals surface area contributed by atoms with Gasteiger partial charge in [0.25, 0.3) is 0 Å². The Labute approximate surface area is 154 Å². The summed E-state index contributed by atoms with van der Waals surface area (Å²) >= 11 is 12.3. The molecule has 1 aromatic heterocycles. The SMILES string of the molecule is Cc1cccc2c(=O)c3c([nH]c12)CC(c1ccc(Cl)cc1Cl)CC3=O. The van der Waals surface area contributed by atoms with E-state index in [0.29, 0.717) is 33.1 Å². The molecule has 1 atom stereocenters. The first-order valence-corrected chi connectivity index (χ1v) is 8.84. The fourth-order valence-corrected chi connectivity index (χ4v) is 4.22. The quantitative estimate of drug-likeness (QED) is 0.649. The Morgan fingerprint density at radius 3 is 2.64 bits per heavy atom. The van der Waals surface area contributed by atoms with Crippen molar-refractivity contribution in [3.8, 4) is 0 Å². The van der Waals surface area contributed by atoms with Crippen molar-refractivity contribution in [2.24, 2.45) is 0 Å². The Bertz CT molecular complexity index is 1080. The molecule has 0 fully saturated rings. The predicted octanol–water partition coefficient (Wildman–Crippen LogP) is 5.06. The number of carbonyl (C=O) groups excluding carboxylic acids is 1. The summed E-state index contributed by atoms with van der Waals surface area (Å²) < 4.78 is 0. The number of carbonyl (C=O) groups is 1. The van der Waals surface area contributed by atoms with Crippen LogP contribution in [-0.4, -0.2) is 10.8 Å². The lowest BCUT2D eigenvalue weighted by atomic mass is 9.81. The molecule has 0 aliphatic heterocycles. The van der Waals surface area contributed by atoms with Gasteiger partial charge in [0.15, 0.2) is 11.2 Å². The third kappa shape index (κ3) is 2.68. The maximum atomic E-state index is 12.8. The van der Waals surface area contributed by atoms with Crippen molar-refractivity contribution in [2.75, 3.05) is 0 Å². The number of Topliss-reactive ketones (excluding diaryl/α,β-unsaturated/α-hetero) is 1. The van der Waals surface area contributed by atoms with Gasteiger partial charge in [0, 0.05) is 27.5 Å². The number of H-pyrrole nitrogens is 1. The van der Waals surface area contributed by atoms with Crippen molar-refractivity contribution in [1.82, 2.24) is 4.98 Å². The molecule has 1 heterocycles. The zero-order valence-corrected chi connectivity index (χ0v) is 15.0. The van der Waals surface area contributed by atoms with Crippen LogP contribution in [0.5, 0.6) is 0 Å². The van der Waals surface area contributed by atoms with E-state index < -0.39 is 0 Å². The fraction of sp³-hybridized carbons (Fsp3) is 0.200. The Balaban J connectivity index is 1.88. The second-order valence-electron chi connectivity index (χ2n) is 6.50. The van der Waals surface area contributed by atoms with Crippen molar-refractivity contribution in [2.45, 2.75) is 25.7 Å². The molecule has 0 saturated heterocycles. The van der Waals surface area contributed by atoms with Gasteiger partial charge in [-0.2, -0.15) is 0 Å². The molecule has 0 radical (unpaired) electrons. The van der Waals surface area contributed by atoms with Crippen LogP contribution in [0.1, 0.15) is 39.5 Å². The number of aromatic amines is 1. The highest BCUT2D eigenvalue weighted by atomic mass is 35.5. The summed E-state index contributed by atoms with van der Waals surface area (Å²) in [4.78, 5) is 28.8. The smallest absolute Gasteiger partial charge is 0.200 e. The van der Waals surface area contributed by atoms with Gasteiger partial charge in [0.2, 0.25) is 0 Å². The fourth-order valence-electron chi connectivity index (χ4n) is 3.65. The number of aromatic nitrogens is 1. The van der Waals surface area contributed by atoms with E-state index in [9.17, 15) is 9.59 Å². The van der Waals surface area contributed by atoms with Crippen LogP contribution in [0.3, 0.4) is 0 Å². The molecule has 1 aliphatic rings. The number of hydrogen-bond acceptors (Lipinski definition) is 2. The van der Waals surface area contributed by atoms with Crippen LogP contribution < -0.4 is 5.43 Å². The number of rotatable bonds is 1. The largest absolute Gasteiger partial charge is 0.357 e. The number of halogens is 2. The van der Waals surface area contributed by atoms with E-state index in [-0.39, 0.29) is 23.6 Å². The van der Waals surface area contributed by atoms with E-state index in [0.717, 1.165) is 16.6 Å². The maximum Gasteiger partial charge on any atom is 0.200 e. The average Bonchev–Trinajstić information content (AvgIpc) is 2.55. The van der Waals surface area contributed by atoms with E-state index in [4.69, 9.17) is 23.2 Å². The van der Waals surface area contributed by atoms with E-state index >= 15 is 0 Å². The predicted molar refractivity (Wildman–Crippen MR) is 101 cm³/mol. The third-order valence-corrected chi connectivity index (χ3v) is 5.45. The van der Waals surface area contributed by atoms with Crippen LogP contribution in [0.2, 0.25) is 10.0 Å². The maximum absolute atomic E-state index is 12.8. The number of pyridine rings is 1. The summed E-state index contributed by atoms with van der Waals surface area (Å²) in [5.41, 5.74) is 3.46. The highest BCUT2D eigenvalue weighted by Crippen LogP contribution is 2.36. The minimum absolute atomic E-state index is 0.0677. The highest BCUT2D eigenvalue weighted by molar-refractivity contribution is 6.35. The number of nitrogens with one attached hydrogen (secondary N) is 1. The van der Waals surface area contributed by atoms with Crippen LogP contribution in [0.25, 0.3) is 10.9 Å². The van der Waals surface area contributed by atoms with Gasteiger partial charge in [-0.05, 0) is 48.6 Å². The summed E-state index contributed by atoms with van der Waals surface area (Å²) in [5.74, 6) is -0.205. The van der Waals surface area contributed by atoms with Crippen LogP contribution in [0, 0.1) is 6.92 Å². The van der Waals surface area contributed by atoms with Crippen LogP contribution >= 0.6 is 23.2 Å². The van der Waals surface area contributed by atoms with Gasteiger partial charge in [0.05, 0.1) is 11.1 Å². The molecule has 3 nitrogen and oxygen atoms in total. The second kappa shape index (κ2) is 6.01. The molecular formula is C20H15Cl2NO2. The first kappa shape index (κ1) is 16.4. The number of fused-ring (bicyclic) bond motifs is 2. The van der Waals surface area contributed by atoms with Crippen LogP contribution in [-0.2, 0) is 6.42 Å². The zero-order chi connectivity index (χ0) is 17.7. The molecule has 4 rings (SSSR count). The van der Waals surface area contributed by atoms with Crippen molar-refractivity contribution in [1.29, 1.82) is 0 Å². The molecule has 2 aromatic carbocycles. The van der Waals surface area contributed by atoms with E-state index in [1.807, 2.05) is 25.1 Å². The number of aryl methyl sites for hydroxylation is 1. The zero-order valence-electron chi connectivity index (χ0n) is 13.5. The molecular weight excluding hydrogens is 357 g/mol. The van der Waals surface area contributed by atoms with Gasteiger partial charge in [0.1, 0.15) is 0 Å². The molecule has 1 N–H and O–H groups in total. The first-order chi connectivity index (χ1) is 12.0. The first-order valence-electron chi connectivity index (χ1n) is 8.08. The van der Waals surface area contributed by atoms with Gasteiger partial charge in [-0.3, -0.25) is 9.59 Å². The highest BCUT2D eigenvalue weighted by Gasteiger charge is 2.31. The third-order valence-electron chi connectivity index (χ3n) is 4.89. The number of ketones is 1. The van der Waals surface area contributed by atoms with Gasteiger partial charge in [-0.15, -0.1) is 0 Å². The lowest BCUT2D eigenvalue weighted by molar-refractivity contribution is 0.0962. The molecule has 1 unspecified atom stereocenters. The number of hydrogen-bond donors (Lipinski definition) is 1. The molecule has 126 valence electrons. The molecule has 0 saturated carbocycles. The summed E-state index contributed by atoms with van der Waals surface area (Å²) in [6.07, 6.45) is 0.844. The van der Waals surface area contributed by atoms with E-state index in [2.05, 4.69) is 4.98 Å². The van der Waals surface area contributed by atoms with E-state index in [1.165, 1.54) is 0 Å². The molecule has 25 heavy (non-hydrogen) atoms. The van der Waals surface area contributed by atoms with Crippen molar-refractivity contribution in [3.63, 3.8) is 0 Å². The average molecular weight is 372 g/mol. The molecule has 0 bridgehead atoms. The lowest BCUT2D eigenvalue weighted by Gasteiger charge is -2.25. The van der Waals surface area contributed by atoms with Gasteiger partial charge >= 0.3 is 0 Å². The van der Waals surface area contributed by atoms with Crippen molar-refractivity contribution < 1.29 is 4.79 Å². The molecule has 3 aromatic rings. The lowest BCUT2D eigenvalue weighted by Crippen LogP contribution is -2.28. The van der Waals surface area contributed by atoms with Gasteiger partial charge in [-0.1, -0.05) is 41.4 Å². The summed E-state index contributed by atoms with van der Waals surface area (Å²) in [6, 6.07) is 10.9. The Kier molecular flexibility index (Phi) is 3.94. The molecule has 0 spiro atoms. The van der Waals surface area contributed by atoms with Crippen molar-refractivity contribution in [3.05, 3.63) is 79.1 Å². The number of para-hydroxylation sites is 1. The van der Waals surface area contributed by atoms with Crippen LogP contribution in [0.4, 0.5) is 0 Å². The number of benzene rings is 2. The Morgan fingerprint density at radius 1 is 1.08 bits per heavy atom. The molecule has 5 heteroatoms. The van der Waals surface area contributed by atoms with Crippen LogP contribution in [0.15, 0.2) is 41.2 Å². The van der Waals surface area contributed by atoms with E-state index in [1.54, 1.807) is 18.2 Å². The normalized spacial score (nSPS) is 16.9. The molecule has 1 aliphatic carbocycles. The topological polar surface area (TPSA) is 49.9 Å². The summed E-state index contributed by atoms with van der Waals surface area (Å²) in [7, 11) is 0. The minimum atomic E-state index is -0.182. The summed E-state index contributed by atoms with van der Waals surface area (Å²) in [5, 5.41) is 1.68. The second-order valence-corrected chi connectivity index (χ2v) is 7.34. The minimum Gasteiger partial charge on any atom is -0.357 e. The van der Waals surface area contributed by atoms with Gasteiger partial charge in [-0.25, -0.2) is 0 Å². The van der Waals surface area contributed by atoms with Crippen molar-refractivity contribution >= 4 is 39.9 Å².